The second-order valence-electron chi connectivity index (χ2n) is 6.36. The molecule has 1 heterocycles. The summed E-state index contributed by atoms with van der Waals surface area (Å²) in [5, 5.41) is 12.0. The number of imide groups is 2. The van der Waals surface area contributed by atoms with Crippen LogP contribution in [0.3, 0.4) is 0 Å². The van der Waals surface area contributed by atoms with Crippen LogP contribution < -0.4 is 15.0 Å². The molecule has 2 aromatic carbocycles. The van der Waals surface area contributed by atoms with Gasteiger partial charge in [-0.05, 0) is 55.0 Å². The highest BCUT2D eigenvalue weighted by atomic mass is 35.5. The van der Waals surface area contributed by atoms with Gasteiger partial charge in [0, 0.05) is 10.6 Å². The van der Waals surface area contributed by atoms with Crippen molar-refractivity contribution >= 4 is 41.2 Å². The van der Waals surface area contributed by atoms with E-state index in [0.717, 1.165) is 17.7 Å². The maximum absolute atomic E-state index is 12.9. The Morgan fingerprint density at radius 2 is 1.86 bits per heavy atom. The number of halogens is 1. The third-order valence-corrected chi connectivity index (χ3v) is 4.47. The molecule has 150 valence electrons. The van der Waals surface area contributed by atoms with Gasteiger partial charge >= 0.3 is 6.03 Å². The number of rotatable bonds is 6. The average Bonchev–Trinajstić information content (AvgIpc) is 2.68. The number of hydrogen-bond acceptors (Lipinski definition) is 5. The van der Waals surface area contributed by atoms with Crippen LogP contribution in [0.4, 0.5) is 10.5 Å². The summed E-state index contributed by atoms with van der Waals surface area (Å²) in [6, 6.07) is 9.51. The zero-order valence-electron chi connectivity index (χ0n) is 15.6. The van der Waals surface area contributed by atoms with Gasteiger partial charge in [0.2, 0.25) is 0 Å². The molecule has 0 atom stereocenters. The number of anilines is 1. The maximum atomic E-state index is 12.9. The van der Waals surface area contributed by atoms with Crippen LogP contribution in [0.15, 0.2) is 48.0 Å². The van der Waals surface area contributed by atoms with Gasteiger partial charge in [0.1, 0.15) is 17.1 Å². The number of unbranched alkanes of at least 4 members (excludes halogenated alkanes) is 1. The lowest BCUT2D eigenvalue weighted by atomic mass is 10.1. The first-order valence-corrected chi connectivity index (χ1v) is 9.41. The van der Waals surface area contributed by atoms with E-state index in [1.54, 1.807) is 18.2 Å². The van der Waals surface area contributed by atoms with Crippen LogP contribution in [-0.2, 0) is 9.59 Å². The molecule has 0 aromatic heterocycles. The molecule has 0 unspecified atom stereocenters. The van der Waals surface area contributed by atoms with Gasteiger partial charge < -0.3 is 9.84 Å². The summed E-state index contributed by atoms with van der Waals surface area (Å²) in [5.41, 5.74) is 0.432. The van der Waals surface area contributed by atoms with Crippen LogP contribution in [0.2, 0.25) is 5.02 Å². The average molecular weight is 415 g/mol. The van der Waals surface area contributed by atoms with Crippen molar-refractivity contribution < 1.29 is 24.2 Å². The molecule has 1 saturated heterocycles. The van der Waals surface area contributed by atoms with E-state index >= 15 is 0 Å². The van der Waals surface area contributed by atoms with Crippen LogP contribution in [-0.4, -0.2) is 29.6 Å². The van der Waals surface area contributed by atoms with E-state index in [2.05, 4.69) is 5.32 Å². The quantitative estimate of drug-likeness (QED) is 0.424. The van der Waals surface area contributed by atoms with Crippen molar-refractivity contribution in [2.45, 2.75) is 19.8 Å². The molecule has 7 nitrogen and oxygen atoms in total. The Bertz CT molecular complexity index is 985. The topological polar surface area (TPSA) is 95.9 Å². The van der Waals surface area contributed by atoms with Gasteiger partial charge in [-0.15, -0.1) is 0 Å². The number of phenolic OH excluding ortho intramolecular Hbond substituents is 1. The Hall–Kier alpha value is -3.32. The largest absolute Gasteiger partial charge is 0.508 e. The fourth-order valence-electron chi connectivity index (χ4n) is 2.74. The van der Waals surface area contributed by atoms with Gasteiger partial charge in [-0.1, -0.05) is 24.9 Å². The highest BCUT2D eigenvalue weighted by molar-refractivity contribution is 6.39. The predicted molar refractivity (Wildman–Crippen MR) is 109 cm³/mol. The molecule has 0 bridgehead atoms. The molecule has 1 aliphatic rings. The lowest BCUT2D eigenvalue weighted by Crippen LogP contribution is -2.54. The van der Waals surface area contributed by atoms with Gasteiger partial charge in [0.05, 0.1) is 12.3 Å². The fourth-order valence-corrected chi connectivity index (χ4v) is 2.92. The predicted octanol–water partition coefficient (Wildman–Crippen LogP) is 3.89. The second kappa shape index (κ2) is 8.79. The molecule has 29 heavy (non-hydrogen) atoms. The number of nitrogens with one attached hydrogen (secondary N) is 1. The van der Waals surface area contributed by atoms with E-state index in [4.69, 9.17) is 16.3 Å². The summed E-state index contributed by atoms with van der Waals surface area (Å²) in [6.07, 6.45) is 3.15. The van der Waals surface area contributed by atoms with Gasteiger partial charge in [0.15, 0.2) is 0 Å². The molecule has 2 N–H and O–H groups in total. The molecule has 0 radical (unpaired) electrons. The van der Waals surface area contributed by atoms with E-state index < -0.39 is 17.8 Å². The Balaban J connectivity index is 1.98. The van der Waals surface area contributed by atoms with Crippen LogP contribution in [0.1, 0.15) is 25.3 Å². The van der Waals surface area contributed by atoms with Gasteiger partial charge in [-0.2, -0.15) is 0 Å². The zero-order valence-corrected chi connectivity index (χ0v) is 16.4. The minimum Gasteiger partial charge on any atom is -0.508 e. The van der Waals surface area contributed by atoms with Gasteiger partial charge in [-0.3, -0.25) is 14.9 Å². The number of carbonyl (C=O) groups is 3. The van der Waals surface area contributed by atoms with Crippen LogP contribution in [0, 0.1) is 0 Å². The van der Waals surface area contributed by atoms with E-state index in [0.29, 0.717) is 22.9 Å². The first kappa shape index (κ1) is 20.4. The third kappa shape index (κ3) is 4.57. The molecular weight excluding hydrogens is 396 g/mol. The number of amides is 4. The fraction of sp³-hybridized carbons (Fsp3) is 0.190. The summed E-state index contributed by atoms with van der Waals surface area (Å²) < 4.78 is 5.74. The van der Waals surface area contributed by atoms with Crippen molar-refractivity contribution in [1.29, 1.82) is 0 Å². The molecule has 0 aliphatic carbocycles. The number of ether oxygens (including phenoxy) is 1. The van der Waals surface area contributed by atoms with Crippen LogP contribution in [0.5, 0.6) is 11.5 Å². The first-order valence-electron chi connectivity index (χ1n) is 9.03. The highest BCUT2D eigenvalue weighted by Crippen LogP contribution is 2.28. The summed E-state index contributed by atoms with van der Waals surface area (Å²) in [5.74, 6) is -1.14. The summed E-state index contributed by atoms with van der Waals surface area (Å²) >= 11 is 6.07. The number of carbonyl (C=O) groups excluding carboxylic acids is 3. The van der Waals surface area contributed by atoms with Crippen molar-refractivity contribution in [3.63, 3.8) is 0 Å². The second-order valence-corrected chi connectivity index (χ2v) is 6.79. The summed E-state index contributed by atoms with van der Waals surface area (Å²) in [6.45, 7) is 2.51. The molecule has 1 fully saturated rings. The van der Waals surface area contributed by atoms with Crippen molar-refractivity contribution in [2.24, 2.45) is 0 Å². The Morgan fingerprint density at radius 1 is 1.14 bits per heavy atom. The van der Waals surface area contributed by atoms with E-state index in [1.807, 2.05) is 6.92 Å². The SMILES string of the molecule is CCCCOc1ccc(Cl)cc1/C=C1/C(=O)NC(=O)N(c2ccc(O)cc2)C1=O. The summed E-state index contributed by atoms with van der Waals surface area (Å²) in [7, 11) is 0. The molecule has 8 heteroatoms. The molecule has 0 saturated carbocycles. The minimum absolute atomic E-state index is 0.0155. The molecular formula is C21H19ClN2O5. The van der Waals surface area contributed by atoms with Gasteiger partial charge in [0.25, 0.3) is 11.8 Å². The van der Waals surface area contributed by atoms with Crippen molar-refractivity contribution in [2.75, 3.05) is 11.5 Å². The smallest absolute Gasteiger partial charge is 0.335 e. The lowest BCUT2D eigenvalue weighted by Gasteiger charge is -2.26. The third-order valence-electron chi connectivity index (χ3n) is 4.24. The number of aromatic hydroxyl groups is 1. The number of hydrogen-bond donors (Lipinski definition) is 2. The Morgan fingerprint density at radius 3 is 2.55 bits per heavy atom. The molecule has 2 aromatic rings. The zero-order chi connectivity index (χ0) is 21.0. The van der Waals surface area contributed by atoms with Crippen LogP contribution in [0.25, 0.3) is 6.08 Å². The molecule has 0 spiro atoms. The van der Waals surface area contributed by atoms with Gasteiger partial charge in [-0.25, -0.2) is 9.69 Å². The number of benzene rings is 2. The number of urea groups is 1. The van der Waals surface area contributed by atoms with E-state index in [1.165, 1.54) is 30.3 Å². The summed E-state index contributed by atoms with van der Waals surface area (Å²) in [4.78, 5) is 38.3. The van der Waals surface area contributed by atoms with Crippen LogP contribution >= 0.6 is 11.6 Å². The highest BCUT2D eigenvalue weighted by Gasteiger charge is 2.37. The van der Waals surface area contributed by atoms with E-state index in [-0.39, 0.29) is 17.0 Å². The number of barbiturate groups is 1. The lowest BCUT2D eigenvalue weighted by molar-refractivity contribution is -0.122. The molecule has 1 aliphatic heterocycles. The van der Waals surface area contributed by atoms with E-state index in [9.17, 15) is 19.5 Å². The first-order chi connectivity index (χ1) is 13.9. The maximum Gasteiger partial charge on any atom is 0.335 e. The Kier molecular flexibility index (Phi) is 6.19. The van der Waals surface area contributed by atoms with Crippen molar-refractivity contribution in [3.8, 4) is 11.5 Å². The number of nitrogens with zero attached hydrogens (tertiary/aromatic N) is 1. The monoisotopic (exact) mass is 414 g/mol. The minimum atomic E-state index is -0.867. The normalized spacial score (nSPS) is 15.6. The Labute approximate surface area is 172 Å². The molecule has 3 rings (SSSR count). The van der Waals surface area contributed by atoms with Crippen molar-refractivity contribution in [1.82, 2.24) is 5.32 Å². The number of phenols is 1. The van der Waals surface area contributed by atoms with Crippen molar-refractivity contribution in [3.05, 3.63) is 58.6 Å². The molecule has 4 amide bonds. The standard InChI is InChI=1S/C21H19ClN2O5/c1-2-3-10-29-18-9-4-14(22)11-13(18)12-17-19(26)23-21(28)24(20(17)27)15-5-7-16(25)8-6-15/h4-9,11-12,25H,2-3,10H2,1H3,(H,23,26,28)/b17-12-.